The van der Waals surface area contributed by atoms with E-state index in [1.165, 1.54) is 0 Å². The quantitative estimate of drug-likeness (QED) is 0.940. The van der Waals surface area contributed by atoms with E-state index in [9.17, 15) is 5.11 Å². The van der Waals surface area contributed by atoms with Crippen molar-refractivity contribution < 1.29 is 14.3 Å². The minimum Gasteiger partial charge on any atom is -0.483 e. The van der Waals surface area contributed by atoms with Crippen LogP contribution in [0, 0.1) is 6.92 Å². The Labute approximate surface area is 113 Å². The van der Waals surface area contributed by atoms with Crippen LogP contribution in [0.25, 0.3) is 0 Å². The minimum absolute atomic E-state index is 0.178. The van der Waals surface area contributed by atoms with Crippen LogP contribution in [0.5, 0.6) is 5.75 Å². The summed E-state index contributed by atoms with van der Waals surface area (Å²) in [7, 11) is 0. The van der Waals surface area contributed by atoms with E-state index in [-0.39, 0.29) is 6.61 Å². The number of benzene rings is 1. The number of hydrogen-bond donors (Lipinski definition) is 1. The molecule has 6 heteroatoms. The average Bonchev–Trinajstić information content (AvgIpc) is 2.72. The Kier molecular flexibility index (Phi) is 3.98. The van der Waals surface area contributed by atoms with Gasteiger partial charge in [0.15, 0.2) is 6.61 Å². The number of halogens is 1. The monoisotopic (exact) mass is 312 g/mol. The molecule has 1 heterocycles. The number of rotatable bonds is 4. The highest BCUT2D eigenvalue weighted by Gasteiger charge is 2.11. The maximum atomic E-state index is 9.65. The smallest absolute Gasteiger partial charge is 0.253 e. The molecule has 5 nitrogen and oxygen atoms in total. The van der Waals surface area contributed by atoms with Gasteiger partial charge in [-0.05, 0) is 19.1 Å². The maximum Gasteiger partial charge on any atom is 0.253 e. The van der Waals surface area contributed by atoms with Crippen molar-refractivity contribution in [3.63, 3.8) is 0 Å². The van der Waals surface area contributed by atoms with E-state index in [1.807, 2.05) is 12.1 Å². The van der Waals surface area contributed by atoms with E-state index < -0.39 is 6.10 Å². The molecule has 0 bridgehead atoms. The van der Waals surface area contributed by atoms with Crippen LogP contribution < -0.4 is 4.74 Å². The molecule has 0 radical (unpaired) electrons. The minimum atomic E-state index is -0.600. The molecule has 1 atom stereocenters. The lowest BCUT2D eigenvalue weighted by molar-refractivity contribution is 0.187. The van der Waals surface area contributed by atoms with Gasteiger partial charge in [-0.1, -0.05) is 22.0 Å². The second-order valence-electron chi connectivity index (χ2n) is 3.86. The summed E-state index contributed by atoms with van der Waals surface area (Å²) in [4.78, 5) is 0. The molecule has 2 aromatic rings. The lowest BCUT2D eigenvalue weighted by Crippen LogP contribution is -2.01. The first-order chi connectivity index (χ1) is 8.56. The van der Waals surface area contributed by atoms with Crippen LogP contribution in [0.3, 0.4) is 0 Å². The van der Waals surface area contributed by atoms with E-state index in [1.54, 1.807) is 19.9 Å². The Balaban J connectivity index is 2.15. The zero-order valence-electron chi connectivity index (χ0n) is 10.1. The third-order valence-electron chi connectivity index (χ3n) is 2.34. The highest BCUT2D eigenvalue weighted by Crippen LogP contribution is 2.29. The summed E-state index contributed by atoms with van der Waals surface area (Å²) in [5.41, 5.74) is 0.717. The molecule has 0 fully saturated rings. The summed E-state index contributed by atoms with van der Waals surface area (Å²) in [6.07, 6.45) is -0.600. The van der Waals surface area contributed by atoms with E-state index >= 15 is 0 Å². The summed E-state index contributed by atoms with van der Waals surface area (Å²) < 4.78 is 11.7. The van der Waals surface area contributed by atoms with Gasteiger partial charge >= 0.3 is 0 Å². The first-order valence-corrected chi connectivity index (χ1v) is 6.25. The topological polar surface area (TPSA) is 68.4 Å². The van der Waals surface area contributed by atoms with Gasteiger partial charge in [0.05, 0.1) is 6.10 Å². The van der Waals surface area contributed by atoms with Crippen molar-refractivity contribution >= 4 is 15.9 Å². The molecule has 0 spiro atoms. The summed E-state index contributed by atoms with van der Waals surface area (Å²) >= 11 is 3.36. The maximum absolute atomic E-state index is 9.65. The Morgan fingerprint density at radius 2 is 2.22 bits per heavy atom. The predicted octanol–water partition coefficient (Wildman–Crippen LogP) is 2.77. The van der Waals surface area contributed by atoms with Crippen molar-refractivity contribution in [2.75, 3.05) is 0 Å². The van der Waals surface area contributed by atoms with Crippen LogP contribution in [0.2, 0.25) is 0 Å². The number of nitrogens with zero attached hydrogens (tertiary/aromatic N) is 2. The highest BCUT2D eigenvalue weighted by atomic mass is 79.9. The van der Waals surface area contributed by atoms with Gasteiger partial charge in [-0.15, -0.1) is 10.2 Å². The van der Waals surface area contributed by atoms with Gasteiger partial charge in [-0.25, -0.2) is 0 Å². The lowest BCUT2D eigenvalue weighted by Gasteiger charge is -2.12. The fourth-order valence-corrected chi connectivity index (χ4v) is 1.85. The highest BCUT2D eigenvalue weighted by molar-refractivity contribution is 9.10. The predicted molar refractivity (Wildman–Crippen MR) is 68.1 cm³/mol. The molecule has 0 aliphatic heterocycles. The average molecular weight is 313 g/mol. The first-order valence-electron chi connectivity index (χ1n) is 5.45. The normalized spacial score (nSPS) is 12.4. The van der Waals surface area contributed by atoms with Crippen molar-refractivity contribution in [1.29, 1.82) is 0 Å². The van der Waals surface area contributed by atoms with Gasteiger partial charge in [-0.3, -0.25) is 0 Å². The van der Waals surface area contributed by atoms with Gasteiger partial charge in [-0.2, -0.15) is 0 Å². The van der Waals surface area contributed by atoms with Gasteiger partial charge in [0, 0.05) is 17.0 Å². The largest absolute Gasteiger partial charge is 0.483 e. The van der Waals surface area contributed by atoms with Gasteiger partial charge in [0.2, 0.25) is 5.89 Å². The van der Waals surface area contributed by atoms with Gasteiger partial charge < -0.3 is 14.3 Å². The number of hydrogen-bond acceptors (Lipinski definition) is 5. The van der Waals surface area contributed by atoms with Crippen LogP contribution >= 0.6 is 15.9 Å². The number of aryl methyl sites for hydroxylation is 1. The standard InChI is InChI=1S/C12H13BrN2O3/c1-7(16)10-4-3-9(13)5-11(10)17-6-12-15-14-8(2)18-12/h3-5,7,16H,6H2,1-2H3/t7-/m1/s1. The number of aliphatic hydroxyl groups is 1. The molecule has 18 heavy (non-hydrogen) atoms. The Morgan fingerprint density at radius 3 is 2.83 bits per heavy atom. The molecular weight excluding hydrogens is 300 g/mol. The van der Waals surface area contributed by atoms with Crippen LogP contribution in [0.4, 0.5) is 0 Å². The summed E-state index contributed by atoms with van der Waals surface area (Å²) in [6, 6.07) is 5.46. The molecule has 1 aromatic heterocycles. The van der Waals surface area contributed by atoms with Crippen molar-refractivity contribution in [3.05, 3.63) is 40.0 Å². The van der Waals surface area contributed by atoms with Crippen molar-refractivity contribution in [3.8, 4) is 5.75 Å². The zero-order chi connectivity index (χ0) is 13.1. The van der Waals surface area contributed by atoms with Gasteiger partial charge in [0.25, 0.3) is 5.89 Å². The molecule has 0 saturated heterocycles. The number of ether oxygens (including phenoxy) is 1. The fourth-order valence-electron chi connectivity index (χ4n) is 1.51. The molecule has 0 aliphatic rings. The van der Waals surface area contributed by atoms with Crippen LogP contribution in [-0.2, 0) is 6.61 Å². The zero-order valence-corrected chi connectivity index (χ0v) is 11.6. The number of aliphatic hydroxyl groups excluding tert-OH is 1. The Morgan fingerprint density at radius 1 is 1.44 bits per heavy atom. The second-order valence-corrected chi connectivity index (χ2v) is 4.78. The van der Waals surface area contributed by atoms with E-state index in [0.717, 1.165) is 10.0 Å². The van der Waals surface area contributed by atoms with Crippen molar-refractivity contribution in [1.82, 2.24) is 10.2 Å². The molecular formula is C12H13BrN2O3. The van der Waals surface area contributed by atoms with Crippen molar-refractivity contribution in [2.24, 2.45) is 0 Å². The molecule has 0 amide bonds. The third-order valence-corrected chi connectivity index (χ3v) is 2.84. The molecule has 2 rings (SSSR count). The van der Waals surface area contributed by atoms with E-state index in [2.05, 4.69) is 26.1 Å². The van der Waals surface area contributed by atoms with Crippen LogP contribution in [-0.4, -0.2) is 15.3 Å². The molecule has 0 unspecified atom stereocenters. The van der Waals surface area contributed by atoms with Crippen molar-refractivity contribution in [2.45, 2.75) is 26.6 Å². The second kappa shape index (κ2) is 5.49. The summed E-state index contributed by atoms with van der Waals surface area (Å²) in [6.45, 7) is 3.58. The molecule has 0 aliphatic carbocycles. The van der Waals surface area contributed by atoms with E-state index in [4.69, 9.17) is 9.15 Å². The van der Waals surface area contributed by atoms with Crippen LogP contribution in [0.15, 0.2) is 27.1 Å². The molecule has 96 valence electrons. The fraction of sp³-hybridized carbons (Fsp3) is 0.333. The molecule has 0 saturated carbocycles. The molecule has 1 N–H and O–H groups in total. The summed E-state index contributed by atoms with van der Waals surface area (Å²) in [5, 5.41) is 17.2. The van der Waals surface area contributed by atoms with E-state index in [0.29, 0.717) is 17.5 Å². The first kappa shape index (κ1) is 13.0. The van der Waals surface area contributed by atoms with Gasteiger partial charge in [0.1, 0.15) is 5.75 Å². The molecule has 1 aromatic carbocycles. The van der Waals surface area contributed by atoms with Crippen LogP contribution in [0.1, 0.15) is 30.4 Å². The number of aromatic nitrogens is 2. The summed E-state index contributed by atoms with van der Waals surface area (Å²) in [5.74, 6) is 1.50. The Bertz CT molecular complexity index is 540. The Hall–Kier alpha value is -1.40. The lowest BCUT2D eigenvalue weighted by atomic mass is 10.1. The third kappa shape index (κ3) is 3.08. The SMILES string of the molecule is Cc1nnc(COc2cc(Br)ccc2[C@@H](C)O)o1.